The lowest BCUT2D eigenvalue weighted by atomic mass is 10.0. The lowest BCUT2D eigenvalue weighted by Crippen LogP contribution is -2.44. The summed E-state index contributed by atoms with van der Waals surface area (Å²) in [5.74, 6) is 0. The van der Waals surface area contributed by atoms with Crippen LogP contribution in [0.3, 0.4) is 0 Å². The van der Waals surface area contributed by atoms with E-state index in [0.717, 1.165) is 4.90 Å². The summed E-state index contributed by atoms with van der Waals surface area (Å²) in [7, 11) is 0. The number of nitriles is 1. The maximum Gasteiger partial charge on any atom is 0.413 e. The second-order valence-electron chi connectivity index (χ2n) is 4.07. The molecule has 1 heterocycles. The minimum Gasteiger partial charge on any atom is -0.465 e. The first kappa shape index (κ1) is 17.1. The molecule has 1 aliphatic heterocycles. The molecule has 1 aromatic rings. The Bertz CT molecular complexity index is 684. The summed E-state index contributed by atoms with van der Waals surface area (Å²) in [5.41, 5.74) is 0.574. The highest BCUT2D eigenvalue weighted by Crippen LogP contribution is 2.56. The molecule has 0 saturated heterocycles. The van der Waals surface area contributed by atoms with E-state index in [2.05, 4.69) is 47.8 Å². The van der Waals surface area contributed by atoms with E-state index < -0.39 is 15.4 Å². The van der Waals surface area contributed by atoms with Gasteiger partial charge < -0.3 is 5.11 Å². The molecule has 0 aromatic heterocycles. The number of halogens is 5. The Hall–Kier alpha value is -0.260. The number of hydrogen-bond donors (Lipinski definition) is 1. The van der Waals surface area contributed by atoms with Gasteiger partial charge in [0.25, 0.3) is 0 Å². The van der Waals surface area contributed by atoms with E-state index >= 15 is 0 Å². The Morgan fingerprint density at radius 1 is 1.43 bits per heavy atom. The normalized spacial score (nSPS) is 25.1. The van der Waals surface area contributed by atoms with Crippen molar-refractivity contribution in [3.05, 3.63) is 44.0 Å². The molecule has 0 radical (unpaired) electrons. The summed E-state index contributed by atoms with van der Waals surface area (Å²) in [6.07, 6.45) is -1.26. The Morgan fingerprint density at radius 2 is 1.95 bits per heavy atom. The zero-order valence-electron chi connectivity index (χ0n) is 9.95. The molecular weight excluding hydrogens is 515 g/mol. The van der Waals surface area contributed by atoms with Crippen molar-refractivity contribution >= 4 is 77.1 Å². The monoisotopic (exact) mass is 516 g/mol. The van der Waals surface area contributed by atoms with Gasteiger partial charge in [-0.25, -0.2) is 9.69 Å². The number of hydrogen-bond acceptors (Lipinski definition) is 2. The highest BCUT2D eigenvalue weighted by molar-refractivity contribution is 9.13. The van der Waals surface area contributed by atoms with Crippen LogP contribution in [0.15, 0.2) is 28.4 Å². The molecule has 0 saturated carbocycles. The highest BCUT2D eigenvalue weighted by Gasteiger charge is 2.56. The zero-order valence-corrected chi connectivity index (χ0v) is 16.2. The van der Waals surface area contributed by atoms with Crippen molar-refractivity contribution in [2.75, 3.05) is 0 Å². The van der Waals surface area contributed by atoms with Crippen LogP contribution >= 0.6 is 71.0 Å². The number of alkyl halides is 2. The van der Waals surface area contributed by atoms with Gasteiger partial charge in [0.2, 0.25) is 0 Å². The number of amides is 1. The van der Waals surface area contributed by atoms with Gasteiger partial charge in [-0.2, -0.15) is 5.26 Å². The Labute approximate surface area is 155 Å². The maximum absolute atomic E-state index is 11.6. The molecule has 1 aliphatic rings. The minimum atomic E-state index is -1.34. The molecule has 4 nitrogen and oxygen atoms in total. The van der Waals surface area contributed by atoms with E-state index in [1.807, 2.05) is 6.07 Å². The molecule has 1 amide bonds. The average Bonchev–Trinajstić information content (AvgIpc) is 2.57. The van der Waals surface area contributed by atoms with Gasteiger partial charge in [0.1, 0.15) is 4.61 Å². The molecule has 0 aliphatic carbocycles. The predicted octanol–water partition coefficient (Wildman–Crippen LogP) is 5.43. The third-order valence-electron chi connectivity index (χ3n) is 2.96. The Morgan fingerprint density at radius 3 is 2.38 bits per heavy atom. The standard InChI is InChI=1S/C12H5Br3Cl2N2O2/c13-9-5(4-18)10(14)19(11(20)21)12(9,15)8-6(16)2-1-3-7(8)17/h1-3,9H,(H,20,21). The van der Waals surface area contributed by atoms with E-state index in [1.165, 1.54) is 0 Å². The lowest BCUT2D eigenvalue weighted by Gasteiger charge is -2.35. The zero-order chi connectivity index (χ0) is 15.9. The first-order valence-corrected chi connectivity index (χ1v) is 8.63. The van der Waals surface area contributed by atoms with Crippen LogP contribution < -0.4 is 0 Å². The summed E-state index contributed by atoms with van der Waals surface area (Å²) in [4.78, 5) is 11.9. The predicted molar refractivity (Wildman–Crippen MR) is 91.2 cm³/mol. The number of rotatable bonds is 1. The number of nitrogens with zero attached hydrogens (tertiary/aromatic N) is 2. The lowest BCUT2D eigenvalue weighted by molar-refractivity contribution is 0.147. The molecule has 0 fully saturated rings. The third-order valence-corrected chi connectivity index (χ3v) is 7.31. The van der Waals surface area contributed by atoms with E-state index in [9.17, 15) is 15.2 Å². The van der Waals surface area contributed by atoms with Crippen molar-refractivity contribution < 1.29 is 9.90 Å². The molecule has 110 valence electrons. The average molecular weight is 520 g/mol. The molecule has 2 atom stereocenters. The first-order chi connectivity index (χ1) is 9.76. The van der Waals surface area contributed by atoms with E-state index in [1.54, 1.807) is 18.2 Å². The van der Waals surface area contributed by atoms with Gasteiger partial charge in [-0.3, -0.25) is 0 Å². The fourth-order valence-corrected chi connectivity index (χ4v) is 6.02. The summed E-state index contributed by atoms with van der Waals surface area (Å²) >= 11 is 22.3. The second-order valence-corrected chi connectivity index (χ2v) is 7.76. The summed E-state index contributed by atoms with van der Waals surface area (Å²) < 4.78 is -1.20. The van der Waals surface area contributed by atoms with Crippen molar-refractivity contribution in [1.29, 1.82) is 5.26 Å². The van der Waals surface area contributed by atoms with Crippen LogP contribution in [0, 0.1) is 11.3 Å². The minimum absolute atomic E-state index is 0.132. The summed E-state index contributed by atoms with van der Waals surface area (Å²) in [5, 5.41) is 19.3. The van der Waals surface area contributed by atoms with Crippen molar-refractivity contribution in [3.8, 4) is 6.07 Å². The van der Waals surface area contributed by atoms with E-state index in [4.69, 9.17) is 23.2 Å². The summed E-state index contributed by atoms with van der Waals surface area (Å²) in [6.45, 7) is 0. The van der Waals surface area contributed by atoms with Crippen molar-refractivity contribution in [1.82, 2.24) is 4.90 Å². The van der Waals surface area contributed by atoms with Gasteiger partial charge in [0.15, 0.2) is 4.45 Å². The van der Waals surface area contributed by atoms with Crippen LogP contribution in [0.4, 0.5) is 4.79 Å². The highest BCUT2D eigenvalue weighted by atomic mass is 79.9. The number of benzene rings is 1. The van der Waals surface area contributed by atoms with Crippen molar-refractivity contribution in [3.63, 3.8) is 0 Å². The topological polar surface area (TPSA) is 64.3 Å². The molecule has 1 aromatic carbocycles. The van der Waals surface area contributed by atoms with Crippen LogP contribution in [-0.2, 0) is 4.45 Å². The fraction of sp³-hybridized carbons (Fsp3) is 0.167. The van der Waals surface area contributed by atoms with Crippen LogP contribution in [0.2, 0.25) is 10.0 Å². The van der Waals surface area contributed by atoms with Gasteiger partial charge in [0, 0.05) is 15.6 Å². The van der Waals surface area contributed by atoms with Crippen LogP contribution in [0.25, 0.3) is 0 Å². The molecule has 9 heteroatoms. The van der Waals surface area contributed by atoms with Gasteiger partial charge >= 0.3 is 6.09 Å². The van der Waals surface area contributed by atoms with Crippen molar-refractivity contribution in [2.45, 2.75) is 9.28 Å². The van der Waals surface area contributed by atoms with Gasteiger partial charge in [-0.15, -0.1) is 0 Å². The molecule has 21 heavy (non-hydrogen) atoms. The molecule has 2 rings (SSSR count). The maximum atomic E-state index is 11.6. The van der Waals surface area contributed by atoms with Crippen LogP contribution in [0.1, 0.15) is 5.56 Å². The molecule has 1 N–H and O–H groups in total. The Kier molecular flexibility index (Phi) is 4.96. The van der Waals surface area contributed by atoms with Crippen LogP contribution in [0.5, 0.6) is 0 Å². The SMILES string of the molecule is N#CC1=C(Br)N(C(=O)O)C(Br)(c2c(Cl)cccc2Cl)C1Br. The van der Waals surface area contributed by atoms with Gasteiger partial charge in [-0.1, -0.05) is 61.1 Å². The second kappa shape index (κ2) is 6.09. The fourth-order valence-electron chi connectivity index (χ4n) is 2.07. The first-order valence-electron chi connectivity index (χ1n) is 5.37. The van der Waals surface area contributed by atoms with Gasteiger partial charge in [0.05, 0.1) is 16.5 Å². The van der Waals surface area contributed by atoms with E-state index in [-0.39, 0.29) is 20.2 Å². The number of carboxylic acid groups (broad SMARTS) is 1. The summed E-state index contributed by atoms with van der Waals surface area (Å²) in [6, 6.07) is 6.83. The van der Waals surface area contributed by atoms with Gasteiger partial charge in [-0.05, 0) is 28.1 Å². The largest absolute Gasteiger partial charge is 0.465 e. The smallest absolute Gasteiger partial charge is 0.413 e. The number of carbonyl (C=O) groups is 1. The van der Waals surface area contributed by atoms with Crippen LogP contribution in [-0.4, -0.2) is 20.9 Å². The van der Waals surface area contributed by atoms with E-state index in [0.29, 0.717) is 5.56 Å². The third kappa shape index (κ3) is 2.51. The molecular formula is C12H5Br3Cl2N2O2. The quantitative estimate of drug-likeness (QED) is 0.398. The van der Waals surface area contributed by atoms with Crippen molar-refractivity contribution in [2.24, 2.45) is 0 Å². The molecule has 2 unspecified atom stereocenters. The Balaban J connectivity index is 2.77. The molecule has 0 spiro atoms. The molecule has 0 bridgehead atoms.